The van der Waals surface area contributed by atoms with E-state index in [4.69, 9.17) is 16.2 Å². The van der Waals surface area contributed by atoms with E-state index in [0.717, 1.165) is 11.3 Å². The molecular formula is C11H14N4O2S. The standard InChI is InChI=1S/C11H14N4O2S/c1-7(14-15-11(13)18)8-2-4-9(5-3-8)17-6-10(12)16/h2-5H,6H2,1H3,(H2,12,16)(H3,13,15,18). The number of nitrogens with one attached hydrogen (secondary N) is 1. The second-order valence-electron chi connectivity index (χ2n) is 3.45. The molecule has 0 aromatic heterocycles. The van der Waals surface area contributed by atoms with Gasteiger partial charge in [0.2, 0.25) is 0 Å². The average Bonchev–Trinajstić information content (AvgIpc) is 2.34. The molecule has 7 heteroatoms. The maximum absolute atomic E-state index is 10.5. The van der Waals surface area contributed by atoms with Crippen LogP contribution in [0, 0.1) is 0 Å². The largest absolute Gasteiger partial charge is 0.484 e. The van der Waals surface area contributed by atoms with Crippen molar-refractivity contribution in [2.45, 2.75) is 6.92 Å². The van der Waals surface area contributed by atoms with Crippen LogP contribution >= 0.6 is 12.2 Å². The predicted octanol–water partition coefficient (Wildman–Crippen LogP) is 0.108. The molecule has 6 nitrogen and oxygen atoms in total. The van der Waals surface area contributed by atoms with E-state index in [0.29, 0.717) is 5.75 Å². The minimum Gasteiger partial charge on any atom is -0.484 e. The molecular weight excluding hydrogens is 252 g/mol. The summed E-state index contributed by atoms with van der Waals surface area (Å²) in [4.78, 5) is 10.5. The molecule has 0 radical (unpaired) electrons. The van der Waals surface area contributed by atoms with E-state index in [-0.39, 0.29) is 11.7 Å². The van der Waals surface area contributed by atoms with Gasteiger partial charge in [0.25, 0.3) is 5.91 Å². The minimum absolute atomic E-state index is 0.107. The van der Waals surface area contributed by atoms with Gasteiger partial charge < -0.3 is 16.2 Å². The quantitative estimate of drug-likeness (QED) is 0.399. The number of hydrogen-bond acceptors (Lipinski definition) is 4. The molecule has 5 N–H and O–H groups in total. The number of nitrogens with zero attached hydrogens (tertiary/aromatic N) is 1. The topological polar surface area (TPSA) is 103 Å². The maximum Gasteiger partial charge on any atom is 0.255 e. The Hall–Kier alpha value is -2.15. The Balaban J connectivity index is 2.67. The van der Waals surface area contributed by atoms with E-state index < -0.39 is 5.91 Å². The summed E-state index contributed by atoms with van der Waals surface area (Å²) in [6.07, 6.45) is 0. The van der Waals surface area contributed by atoms with Crippen molar-refractivity contribution in [3.63, 3.8) is 0 Å². The predicted molar refractivity (Wildman–Crippen MR) is 73.3 cm³/mol. The van der Waals surface area contributed by atoms with Gasteiger partial charge in [0.1, 0.15) is 5.75 Å². The summed E-state index contributed by atoms with van der Waals surface area (Å²) in [5.74, 6) is 0.0464. The molecule has 18 heavy (non-hydrogen) atoms. The lowest BCUT2D eigenvalue weighted by Crippen LogP contribution is -2.25. The number of hydrogen-bond donors (Lipinski definition) is 3. The molecule has 0 atom stereocenters. The SMILES string of the molecule is CC(=NNC(N)=S)c1ccc(OCC(N)=O)cc1. The fourth-order valence-corrected chi connectivity index (χ4v) is 1.20. The lowest BCUT2D eigenvalue weighted by atomic mass is 10.1. The Morgan fingerprint density at radius 1 is 1.39 bits per heavy atom. The highest BCUT2D eigenvalue weighted by Crippen LogP contribution is 2.12. The molecule has 0 fully saturated rings. The van der Waals surface area contributed by atoms with Gasteiger partial charge in [-0.2, -0.15) is 5.10 Å². The molecule has 0 aliphatic heterocycles. The second kappa shape index (κ2) is 6.55. The van der Waals surface area contributed by atoms with Crippen molar-refractivity contribution in [2.75, 3.05) is 6.61 Å². The van der Waals surface area contributed by atoms with E-state index in [1.807, 2.05) is 6.92 Å². The van der Waals surface area contributed by atoms with Crippen molar-refractivity contribution in [1.82, 2.24) is 5.43 Å². The second-order valence-corrected chi connectivity index (χ2v) is 3.89. The number of primary amides is 1. The average molecular weight is 266 g/mol. The summed E-state index contributed by atoms with van der Waals surface area (Å²) in [6, 6.07) is 7.04. The van der Waals surface area contributed by atoms with E-state index in [1.54, 1.807) is 24.3 Å². The first-order chi connectivity index (χ1) is 8.49. The third-order valence-electron chi connectivity index (χ3n) is 1.99. The molecule has 96 valence electrons. The van der Waals surface area contributed by atoms with Crippen LogP contribution in [0.5, 0.6) is 5.75 Å². The number of carbonyl (C=O) groups excluding carboxylic acids is 1. The Bertz CT molecular complexity index is 470. The number of ether oxygens (including phenoxy) is 1. The van der Waals surface area contributed by atoms with Gasteiger partial charge in [-0.1, -0.05) is 0 Å². The van der Waals surface area contributed by atoms with Crippen LogP contribution in [0.3, 0.4) is 0 Å². The third-order valence-corrected chi connectivity index (χ3v) is 2.08. The summed E-state index contributed by atoms with van der Waals surface area (Å²) < 4.78 is 5.13. The molecule has 1 aromatic carbocycles. The summed E-state index contributed by atoms with van der Waals surface area (Å²) in [5, 5.41) is 4.09. The summed E-state index contributed by atoms with van der Waals surface area (Å²) in [7, 11) is 0. The Morgan fingerprint density at radius 2 is 2.00 bits per heavy atom. The highest BCUT2D eigenvalue weighted by atomic mass is 32.1. The molecule has 0 aliphatic carbocycles. The van der Waals surface area contributed by atoms with Crippen LogP contribution in [0.4, 0.5) is 0 Å². The van der Waals surface area contributed by atoms with Gasteiger partial charge >= 0.3 is 0 Å². The monoisotopic (exact) mass is 266 g/mol. The fourth-order valence-electron chi connectivity index (χ4n) is 1.15. The number of amides is 1. The van der Waals surface area contributed by atoms with Crippen molar-refractivity contribution < 1.29 is 9.53 Å². The van der Waals surface area contributed by atoms with Gasteiger partial charge in [0.15, 0.2) is 11.7 Å². The molecule has 0 spiro atoms. The van der Waals surface area contributed by atoms with Crippen LogP contribution in [0.25, 0.3) is 0 Å². The zero-order chi connectivity index (χ0) is 13.5. The maximum atomic E-state index is 10.5. The zero-order valence-electron chi connectivity index (χ0n) is 9.84. The minimum atomic E-state index is -0.516. The number of carbonyl (C=O) groups is 1. The van der Waals surface area contributed by atoms with Gasteiger partial charge in [-0.25, -0.2) is 0 Å². The number of rotatable bonds is 5. The number of hydrazone groups is 1. The molecule has 0 saturated heterocycles. The van der Waals surface area contributed by atoms with Gasteiger partial charge in [-0.05, 0) is 49.0 Å². The number of thiocarbonyl (C=S) groups is 1. The molecule has 0 saturated carbocycles. The third kappa shape index (κ3) is 4.79. The highest BCUT2D eigenvalue weighted by Gasteiger charge is 2.00. The van der Waals surface area contributed by atoms with Crippen molar-refractivity contribution in [3.05, 3.63) is 29.8 Å². The van der Waals surface area contributed by atoms with Gasteiger partial charge in [0, 0.05) is 0 Å². The van der Waals surface area contributed by atoms with E-state index >= 15 is 0 Å². The lowest BCUT2D eigenvalue weighted by molar-refractivity contribution is -0.119. The summed E-state index contributed by atoms with van der Waals surface area (Å²) in [6.45, 7) is 1.67. The van der Waals surface area contributed by atoms with Crippen LogP contribution < -0.4 is 21.6 Å². The summed E-state index contributed by atoms with van der Waals surface area (Å²) >= 11 is 4.64. The van der Waals surface area contributed by atoms with E-state index in [1.165, 1.54) is 0 Å². The molecule has 1 amide bonds. The van der Waals surface area contributed by atoms with Crippen LogP contribution in [0.15, 0.2) is 29.4 Å². The van der Waals surface area contributed by atoms with E-state index in [9.17, 15) is 4.79 Å². The first kappa shape index (κ1) is 13.9. The highest BCUT2D eigenvalue weighted by molar-refractivity contribution is 7.80. The van der Waals surface area contributed by atoms with E-state index in [2.05, 4.69) is 22.7 Å². The van der Waals surface area contributed by atoms with Crippen LogP contribution in [0.1, 0.15) is 12.5 Å². The van der Waals surface area contributed by atoms with Crippen molar-refractivity contribution >= 4 is 28.9 Å². The van der Waals surface area contributed by atoms with Gasteiger partial charge in [-0.15, -0.1) is 0 Å². The van der Waals surface area contributed by atoms with Crippen molar-refractivity contribution in [2.24, 2.45) is 16.6 Å². The molecule has 0 heterocycles. The molecule has 0 bridgehead atoms. The number of benzene rings is 1. The summed E-state index contributed by atoms with van der Waals surface area (Å²) in [5.41, 5.74) is 14.3. The smallest absolute Gasteiger partial charge is 0.255 e. The molecule has 0 unspecified atom stereocenters. The Kier molecular flexibility index (Phi) is 5.06. The van der Waals surface area contributed by atoms with Gasteiger partial charge in [-0.3, -0.25) is 10.2 Å². The zero-order valence-corrected chi connectivity index (χ0v) is 10.7. The first-order valence-electron chi connectivity index (χ1n) is 5.10. The van der Waals surface area contributed by atoms with Crippen molar-refractivity contribution in [3.8, 4) is 5.75 Å². The Labute approximate surface area is 110 Å². The Morgan fingerprint density at radius 3 is 2.50 bits per heavy atom. The lowest BCUT2D eigenvalue weighted by Gasteiger charge is -2.05. The number of nitrogens with two attached hydrogens (primary N) is 2. The first-order valence-corrected chi connectivity index (χ1v) is 5.51. The van der Waals surface area contributed by atoms with Crippen LogP contribution in [0.2, 0.25) is 0 Å². The van der Waals surface area contributed by atoms with Crippen molar-refractivity contribution in [1.29, 1.82) is 0 Å². The normalized spacial score (nSPS) is 10.8. The molecule has 1 aromatic rings. The molecule has 0 aliphatic rings. The van der Waals surface area contributed by atoms with Crippen LogP contribution in [-0.4, -0.2) is 23.3 Å². The van der Waals surface area contributed by atoms with Crippen LogP contribution in [-0.2, 0) is 4.79 Å². The van der Waals surface area contributed by atoms with Gasteiger partial charge in [0.05, 0.1) is 5.71 Å². The molecule has 1 rings (SSSR count). The fraction of sp³-hybridized carbons (Fsp3) is 0.182.